The summed E-state index contributed by atoms with van der Waals surface area (Å²) in [5, 5.41) is 11.1. The van der Waals surface area contributed by atoms with E-state index in [-0.39, 0.29) is 18.3 Å². The Morgan fingerprint density at radius 3 is 2.56 bits per heavy atom. The van der Waals surface area contributed by atoms with Crippen LogP contribution < -0.4 is 10.6 Å². The van der Waals surface area contributed by atoms with Crippen molar-refractivity contribution in [3.63, 3.8) is 0 Å². The minimum Gasteiger partial charge on any atom is -0.384 e. The normalized spacial score (nSPS) is 15.8. The summed E-state index contributed by atoms with van der Waals surface area (Å²) in [4.78, 5) is 12.9. The summed E-state index contributed by atoms with van der Waals surface area (Å²) in [5.41, 5.74) is 3.67. The quantitative estimate of drug-likeness (QED) is 0.792. The van der Waals surface area contributed by atoms with Gasteiger partial charge in [0.15, 0.2) is 0 Å². The molecule has 148 valence electrons. The zero-order valence-electron chi connectivity index (χ0n) is 16.2. The minimum atomic E-state index is -0.433. The average Bonchev–Trinajstić information content (AvgIpc) is 2.95. The number of benzene rings is 1. The van der Waals surface area contributed by atoms with E-state index in [0.717, 1.165) is 48.6 Å². The molecule has 0 saturated carbocycles. The molecular weight excluding hydrogens is 364 g/mol. The van der Waals surface area contributed by atoms with Crippen molar-refractivity contribution >= 4 is 18.3 Å². The first-order chi connectivity index (χ1) is 12.6. The molecule has 3 rings (SSSR count). The lowest BCUT2D eigenvalue weighted by atomic mass is 9.78. The van der Waals surface area contributed by atoms with Crippen molar-refractivity contribution < 1.29 is 9.53 Å². The second-order valence-corrected chi connectivity index (χ2v) is 7.04. The standard InChI is InChI=1S/C20H28N4O2.ClH/c1-15-18(16(2)24(23-15)17-7-5-4-6-8-17)13-22-19(25)20(14-26-3)9-11-21-12-10-20;/h4-8,21H,9-14H2,1-3H3,(H,22,25);1H. The van der Waals surface area contributed by atoms with Crippen LogP contribution in [-0.4, -0.2) is 42.5 Å². The van der Waals surface area contributed by atoms with Gasteiger partial charge in [0.2, 0.25) is 5.91 Å². The van der Waals surface area contributed by atoms with E-state index in [9.17, 15) is 4.79 Å². The summed E-state index contributed by atoms with van der Waals surface area (Å²) < 4.78 is 7.30. The molecule has 0 atom stereocenters. The Balaban J connectivity index is 0.00000261. The summed E-state index contributed by atoms with van der Waals surface area (Å²) in [5.74, 6) is 0.0760. The predicted molar refractivity (Wildman–Crippen MR) is 109 cm³/mol. The maximum Gasteiger partial charge on any atom is 0.228 e. The van der Waals surface area contributed by atoms with Gasteiger partial charge in [-0.1, -0.05) is 18.2 Å². The van der Waals surface area contributed by atoms with Crippen molar-refractivity contribution in [1.82, 2.24) is 20.4 Å². The minimum absolute atomic E-state index is 0. The number of carbonyl (C=O) groups is 1. The first-order valence-corrected chi connectivity index (χ1v) is 9.16. The number of hydrogen-bond donors (Lipinski definition) is 2. The van der Waals surface area contributed by atoms with Gasteiger partial charge in [-0.2, -0.15) is 5.10 Å². The number of halogens is 1. The van der Waals surface area contributed by atoms with Gasteiger partial charge < -0.3 is 15.4 Å². The molecule has 2 aromatic rings. The number of ether oxygens (including phenoxy) is 1. The van der Waals surface area contributed by atoms with Crippen LogP contribution in [0, 0.1) is 19.3 Å². The van der Waals surface area contributed by atoms with Gasteiger partial charge >= 0.3 is 0 Å². The summed E-state index contributed by atoms with van der Waals surface area (Å²) >= 11 is 0. The van der Waals surface area contributed by atoms with Crippen molar-refractivity contribution in [2.45, 2.75) is 33.2 Å². The molecular formula is C20H29ClN4O2. The molecule has 1 fully saturated rings. The van der Waals surface area contributed by atoms with Gasteiger partial charge in [-0.3, -0.25) is 4.79 Å². The monoisotopic (exact) mass is 392 g/mol. The van der Waals surface area contributed by atoms with Crippen LogP contribution in [-0.2, 0) is 16.1 Å². The molecule has 1 saturated heterocycles. The highest BCUT2D eigenvalue weighted by Crippen LogP contribution is 2.29. The highest BCUT2D eigenvalue weighted by atomic mass is 35.5. The number of aromatic nitrogens is 2. The van der Waals surface area contributed by atoms with E-state index < -0.39 is 5.41 Å². The van der Waals surface area contributed by atoms with E-state index in [1.54, 1.807) is 7.11 Å². The first kappa shape index (κ1) is 21.4. The number of nitrogens with zero attached hydrogens (tertiary/aromatic N) is 2. The van der Waals surface area contributed by atoms with E-state index >= 15 is 0 Å². The third-order valence-corrected chi connectivity index (χ3v) is 5.33. The van der Waals surface area contributed by atoms with Crippen LogP contribution in [0.3, 0.4) is 0 Å². The number of amides is 1. The zero-order chi connectivity index (χ0) is 18.6. The van der Waals surface area contributed by atoms with Gasteiger partial charge in [0.25, 0.3) is 0 Å². The van der Waals surface area contributed by atoms with Crippen molar-refractivity contribution in [2.75, 3.05) is 26.8 Å². The largest absolute Gasteiger partial charge is 0.384 e. The Hall–Kier alpha value is -1.89. The Labute approximate surface area is 167 Å². The van der Waals surface area contributed by atoms with Gasteiger partial charge in [0, 0.05) is 24.9 Å². The summed E-state index contributed by atoms with van der Waals surface area (Å²) in [6, 6.07) is 10.1. The molecule has 0 bridgehead atoms. The smallest absolute Gasteiger partial charge is 0.228 e. The van der Waals surface area contributed by atoms with Crippen LogP contribution in [0.1, 0.15) is 29.8 Å². The molecule has 6 nitrogen and oxygen atoms in total. The number of nitrogens with one attached hydrogen (secondary N) is 2. The zero-order valence-corrected chi connectivity index (χ0v) is 17.1. The lowest BCUT2D eigenvalue weighted by Crippen LogP contribution is -2.50. The molecule has 2 heterocycles. The molecule has 1 amide bonds. The summed E-state index contributed by atoms with van der Waals surface area (Å²) in [6.45, 7) is 6.68. The highest BCUT2D eigenvalue weighted by molar-refractivity contribution is 5.85. The van der Waals surface area contributed by atoms with Crippen LogP contribution in [0.25, 0.3) is 5.69 Å². The van der Waals surface area contributed by atoms with Gasteiger partial charge in [-0.25, -0.2) is 4.68 Å². The molecule has 1 aliphatic heterocycles. The van der Waals surface area contributed by atoms with E-state index in [1.165, 1.54) is 0 Å². The van der Waals surface area contributed by atoms with Gasteiger partial charge in [0.1, 0.15) is 0 Å². The molecule has 0 aliphatic carbocycles. The van der Waals surface area contributed by atoms with Crippen LogP contribution >= 0.6 is 12.4 Å². The molecule has 1 aromatic heterocycles. The maximum absolute atomic E-state index is 12.9. The van der Waals surface area contributed by atoms with Crippen molar-refractivity contribution in [2.24, 2.45) is 5.41 Å². The fourth-order valence-corrected chi connectivity index (χ4v) is 3.73. The lowest BCUT2D eigenvalue weighted by molar-refractivity contribution is -0.136. The number of para-hydroxylation sites is 1. The summed E-state index contributed by atoms with van der Waals surface area (Å²) in [7, 11) is 1.66. The van der Waals surface area contributed by atoms with E-state index in [4.69, 9.17) is 4.74 Å². The van der Waals surface area contributed by atoms with Gasteiger partial charge in [-0.15, -0.1) is 12.4 Å². The molecule has 0 unspecified atom stereocenters. The third kappa shape index (κ3) is 4.51. The van der Waals surface area contributed by atoms with Crippen molar-refractivity contribution in [3.8, 4) is 5.69 Å². The second-order valence-electron chi connectivity index (χ2n) is 7.04. The number of methoxy groups -OCH3 is 1. The average molecular weight is 393 g/mol. The van der Waals surface area contributed by atoms with Crippen LogP contribution in [0.5, 0.6) is 0 Å². The fraction of sp³-hybridized carbons (Fsp3) is 0.500. The van der Waals surface area contributed by atoms with Crippen molar-refractivity contribution in [3.05, 3.63) is 47.3 Å². The SMILES string of the molecule is COCC1(C(=O)NCc2c(C)nn(-c3ccccc3)c2C)CCNCC1.Cl. The molecule has 27 heavy (non-hydrogen) atoms. The Kier molecular flexibility index (Phi) is 7.41. The molecule has 1 aliphatic rings. The Morgan fingerprint density at radius 2 is 1.93 bits per heavy atom. The second kappa shape index (κ2) is 9.35. The molecule has 7 heteroatoms. The van der Waals surface area contributed by atoms with Gasteiger partial charge in [0.05, 0.1) is 23.4 Å². The number of aryl methyl sites for hydroxylation is 1. The van der Waals surface area contributed by atoms with E-state index in [0.29, 0.717) is 13.2 Å². The fourth-order valence-electron chi connectivity index (χ4n) is 3.73. The lowest BCUT2D eigenvalue weighted by Gasteiger charge is -2.35. The topological polar surface area (TPSA) is 68.2 Å². The van der Waals surface area contributed by atoms with Crippen LogP contribution in [0.2, 0.25) is 0 Å². The molecule has 0 spiro atoms. The number of hydrogen-bond acceptors (Lipinski definition) is 4. The third-order valence-electron chi connectivity index (χ3n) is 5.33. The Bertz CT molecular complexity index is 749. The molecule has 1 aromatic carbocycles. The maximum atomic E-state index is 12.9. The molecule has 0 radical (unpaired) electrons. The number of piperidine rings is 1. The number of rotatable bonds is 6. The van der Waals surface area contributed by atoms with Crippen LogP contribution in [0.15, 0.2) is 30.3 Å². The van der Waals surface area contributed by atoms with E-state index in [1.807, 2.05) is 48.9 Å². The van der Waals surface area contributed by atoms with Gasteiger partial charge in [-0.05, 0) is 51.9 Å². The Morgan fingerprint density at radius 1 is 1.26 bits per heavy atom. The predicted octanol–water partition coefficient (Wildman–Crippen LogP) is 2.54. The van der Waals surface area contributed by atoms with Crippen LogP contribution in [0.4, 0.5) is 0 Å². The molecule has 2 N–H and O–H groups in total. The highest BCUT2D eigenvalue weighted by Gasteiger charge is 2.39. The number of carbonyl (C=O) groups excluding carboxylic acids is 1. The van der Waals surface area contributed by atoms with Crippen molar-refractivity contribution in [1.29, 1.82) is 0 Å². The summed E-state index contributed by atoms with van der Waals surface area (Å²) in [6.07, 6.45) is 1.60. The first-order valence-electron chi connectivity index (χ1n) is 9.16. The van der Waals surface area contributed by atoms with E-state index in [2.05, 4.69) is 15.7 Å².